The van der Waals surface area contributed by atoms with Crippen LogP contribution in [0.25, 0.3) is 0 Å². The van der Waals surface area contributed by atoms with E-state index in [9.17, 15) is 67.7 Å². The van der Waals surface area contributed by atoms with Crippen LogP contribution in [0.1, 0.15) is 114 Å². The molecule has 636 valence electrons. The fourth-order valence-electron chi connectivity index (χ4n) is 14.0. The summed E-state index contributed by atoms with van der Waals surface area (Å²) in [7, 11) is 37.2. The number of carbonyl (C=O) groups is 12. The minimum atomic E-state index is -1.04. The molecule has 6 aliphatic rings. The predicted molar refractivity (Wildman–Crippen MR) is 496 cm³/mol. The monoisotopic (exact) mass is 1880 g/mol. The first-order valence-corrected chi connectivity index (χ1v) is 45.8. The van der Waals surface area contributed by atoms with E-state index in [-0.39, 0.29) is 11.8 Å². The van der Waals surface area contributed by atoms with Crippen molar-refractivity contribution >= 4 is 220 Å². The summed E-state index contributed by atoms with van der Waals surface area (Å²) in [6, 6.07) is 47.0. The number of benzene rings is 6. The van der Waals surface area contributed by atoms with Crippen LogP contribution in [0.5, 0.6) is 0 Å². The molecular formula is C83H98B6Br2N6O18S6. The van der Waals surface area contributed by atoms with E-state index in [1.807, 2.05) is 253 Å². The number of carboxylic acid groups (broad SMARTS) is 2. The first-order chi connectivity index (χ1) is 57.1. The lowest BCUT2D eigenvalue weighted by atomic mass is 9.89. The van der Waals surface area contributed by atoms with Gasteiger partial charge in [0.25, 0.3) is 0 Å². The number of aryl methyl sites for hydroxylation is 2. The standard InChI is InChI=1S/C14H16BNO3S.C13H13BBrNO3S.3C13H14BNO3S.C12H12BNO3S.2C2H6.CH3Br/c1-9-4-6-10(7-5-9)14(2)11(12(17)19-3)16(8-20-14)13(15)18;1-13(8-3-5-9(15)6-4-8)10(11(17)19-2)16(7-20-13)12(14)18;1-8-3-5-9(6-4-8)13(2)10(11(16)17)15(7-19-13)12(14)18;2*1-13(9-6-4-3-5-7-9)10(11(16)18-2)15(8-19-13)12(14)17;1-12(8-5-3-2-4-6-8)9(10(15)16)14(7-18-12)11(13)17;3*1-2/h4-7,11H,8H2,1-3H3;3-6,10H,7H2,1-2H3;3-6,10H,7H2,1-2H3,(H,16,17);2*3-7,10H,8H2,1-2H3;2-6,9H,7H2,1H3,(H,15,16);2*1-2H3;1H3. The Bertz CT molecular complexity index is 4340. The molecule has 6 aromatic carbocycles. The summed E-state index contributed by atoms with van der Waals surface area (Å²) in [6.45, 7) is 23.4. The lowest BCUT2D eigenvalue weighted by molar-refractivity contribution is -0.147. The molecular weight excluding hydrogens is 1790 g/mol. The molecule has 6 fully saturated rings. The molecule has 0 spiro atoms. The summed E-state index contributed by atoms with van der Waals surface area (Å²) in [5, 5.41) is 18.8. The number of amides is 6. The quantitative estimate of drug-likeness (QED) is 0.0498. The molecule has 38 heteroatoms. The summed E-state index contributed by atoms with van der Waals surface area (Å²) >= 11 is 15.2. The Hall–Kier alpha value is -7.59. The van der Waals surface area contributed by atoms with E-state index in [1.165, 1.54) is 128 Å². The van der Waals surface area contributed by atoms with Crippen LogP contribution < -0.4 is 0 Å². The van der Waals surface area contributed by atoms with E-state index in [1.54, 1.807) is 0 Å². The van der Waals surface area contributed by atoms with Gasteiger partial charge < -0.3 is 58.6 Å². The number of esters is 4. The highest BCUT2D eigenvalue weighted by molar-refractivity contribution is 9.10. The molecule has 12 radical (unpaired) electrons. The van der Waals surface area contributed by atoms with Crippen LogP contribution in [-0.4, -0.2) is 263 Å². The molecule has 6 saturated heterocycles. The summed E-state index contributed by atoms with van der Waals surface area (Å²) in [6.07, 6.45) is 0. The first-order valence-electron chi connectivity index (χ1n) is 37.6. The van der Waals surface area contributed by atoms with Gasteiger partial charge in [0.15, 0.2) is 34.8 Å². The summed E-state index contributed by atoms with van der Waals surface area (Å²) in [5.41, 5.74) is 7.89. The molecule has 0 aliphatic carbocycles. The van der Waals surface area contributed by atoms with Gasteiger partial charge in [-0.05, 0) is 107 Å². The van der Waals surface area contributed by atoms with Crippen molar-refractivity contribution in [1.82, 2.24) is 29.4 Å². The number of thioether (sulfide) groups is 6. The van der Waals surface area contributed by atoms with Crippen molar-refractivity contribution < 1.29 is 86.7 Å². The van der Waals surface area contributed by atoms with Gasteiger partial charge in [-0.2, -0.15) is 0 Å². The third kappa shape index (κ3) is 24.9. The molecule has 24 nitrogen and oxygen atoms in total. The summed E-state index contributed by atoms with van der Waals surface area (Å²) in [4.78, 5) is 148. The Balaban J connectivity index is 0.000000301. The number of nitrogens with zero attached hydrogens (tertiary/aromatic N) is 6. The average molecular weight is 1880 g/mol. The number of methoxy groups -OCH3 is 4. The Morgan fingerprint density at radius 1 is 0.306 bits per heavy atom. The normalized spacial score (nSPS) is 25.0. The van der Waals surface area contributed by atoms with Gasteiger partial charge in [-0.25, -0.2) is 28.8 Å². The largest absolute Gasteiger partial charge is 0.480 e. The molecule has 0 saturated carbocycles. The summed E-state index contributed by atoms with van der Waals surface area (Å²) < 4.78 is 16.7. The van der Waals surface area contributed by atoms with Gasteiger partial charge >= 0.3 is 35.8 Å². The van der Waals surface area contributed by atoms with Crippen molar-refractivity contribution in [2.45, 2.75) is 148 Å². The van der Waals surface area contributed by atoms with Gasteiger partial charge in [-0.3, -0.25) is 28.8 Å². The zero-order valence-corrected chi connectivity index (χ0v) is 78.6. The number of ether oxygens (including phenoxy) is 4. The average Bonchev–Trinajstić information content (AvgIpc) is 1.62. The van der Waals surface area contributed by atoms with Gasteiger partial charge in [0.2, 0.25) is 47.1 Å². The molecule has 6 aromatic rings. The Labute approximate surface area is 760 Å². The van der Waals surface area contributed by atoms with Crippen molar-refractivity contribution in [3.63, 3.8) is 0 Å². The van der Waals surface area contributed by atoms with E-state index in [2.05, 4.69) is 31.9 Å². The maximum atomic E-state index is 12.1. The Morgan fingerprint density at radius 2 is 0.463 bits per heavy atom. The highest BCUT2D eigenvalue weighted by atomic mass is 79.9. The maximum absolute atomic E-state index is 12.1. The van der Waals surface area contributed by atoms with Crippen molar-refractivity contribution in [3.8, 4) is 0 Å². The maximum Gasteiger partial charge on any atom is 0.330 e. The van der Waals surface area contributed by atoms with Gasteiger partial charge in [0.1, 0.15) is 36.3 Å². The third-order valence-electron chi connectivity index (χ3n) is 20.6. The van der Waals surface area contributed by atoms with Crippen LogP contribution in [0.3, 0.4) is 0 Å². The van der Waals surface area contributed by atoms with E-state index in [0.717, 1.165) is 49.0 Å². The van der Waals surface area contributed by atoms with Crippen LogP contribution >= 0.6 is 102 Å². The first kappa shape index (κ1) is 106. The zero-order chi connectivity index (χ0) is 91.5. The van der Waals surface area contributed by atoms with Gasteiger partial charge in [-0.15, -0.1) is 70.6 Å². The molecule has 12 rings (SSSR count). The topological polar surface area (TPSA) is 302 Å². The smallest absolute Gasteiger partial charge is 0.330 e. The fraction of sp³-hybridized carbons (Fsp3) is 0.422. The SMILES string of the molecule is CBr.CC.CC.[B]C(=O)N1CSC(C)(c2ccc(Br)cc2)C1C(=O)OC.[B]C(=O)N1CSC(C)(c2ccc(C)cc2)C1C(=O)O.[B]C(=O)N1CSC(C)(c2ccc(C)cc2)C1C(=O)OC.[B]C(=O)N1CSC(C)(c2ccccc2)C1C(=O)O.[B]C(=O)N1CSC(C)(c2ccccc2)C1C(=O)OC.[B]C(=O)N1CSC(C)(c2ccccc2)C1C(=O)OC. The Morgan fingerprint density at radius 3 is 0.628 bits per heavy atom. The molecule has 2 N–H and O–H groups in total. The minimum Gasteiger partial charge on any atom is -0.480 e. The molecule has 0 bridgehead atoms. The molecule has 12 unspecified atom stereocenters. The van der Waals surface area contributed by atoms with Crippen molar-refractivity contribution in [2.75, 3.05) is 69.5 Å². The van der Waals surface area contributed by atoms with Crippen LogP contribution in [0.2, 0.25) is 0 Å². The zero-order valence-electron chi connectivity index (χ0n) is 70.6. The minimum absolute atomic E-state index is 0.288. The van der Waals surface area contributed by atoms with Crippen LogP contribution in [0.15, 0.2) is 168 Å². The number of aliphatic carboxylic acids is 2. The van der Waals surface area contributed by atoms with E-state index in [4.69, 9.17) is 66.0 Å². The number of halogens is 2. The van der Waals surface area contributed by atoms with E-state index >= 15 is 0 Å². The van der Waals surface area contributed by atoms with Gasteiger partial charge in [0.05, 0.1) is 92.2 Å². The molecule has 12 atom stereocenters. The number of hydrogen-bond acceptors (Lipinski definition) is 22. The van der Waals surface area contributed by atoms with Crippen LogP contribution in [-0.2, 0) is 76.2 Å². The molecule has 6 amide bonds. The number of carbonyl (C=O) groups excluding carboxylic acids is 10. The lowest BCUT2D eigenvalue weighted by Crippen LogP contribution is -2.49. The lowest BCUT2D eigenvalue weighted by Gasteiger charge is -2.32. The van der Waals surface area contributed by atoms with E-state index < -0.39 is 135 Å². The highest BCUT2D eigenvalue weighted by Crippen LogP contribution is 2.53. The number of hydrogen-bond donors (Lipinski definition) is 2. The number of rotatable bonds is 12. The van der Waals surface area contributed by atoms with E-state index in [0.29, 0.717) is 23.5 Å². The van der Waals surface area contributed by atoms with Crippen LogP contribution in [0.4, 0.5) is 28.8 Å². The fourth-order valence-corrected chi connectivity index (χ4v) is 22.4. The summed E-state index contributed by atoms with van der Waals surface area (Å²) in [5.74, 6) is -3.84. The second-order valence-corrected chi connectivity index (χ2v) is 36.9. The second-order valence-electron chi connectivity index (χ2n) is 27.7. The van der Waals surface area contributed by atoms with Gasteiger partial charge in [-0.1, -0.05) is 222 Å². The van der Waals surface area contributed by atoms with Gasteiger partial charge in [0, 0.05) is 4.47 Å². The molecule has 0 aromatic heterocycles. The van der Waals surface area contributed by atoms with Crippen molar-refractivity contribution in [1.29, 1.82) is 0 Å². The predicted octanol–water partition coefficient (Wildman–Crippen LogP) is 14.7. The number of carboxylic acids is 2. The highest BCUT2D eigenvalue weighted by Gasteiger charge is 2.57. The Kier molecular flexibility index (Phi) is 42.0. The third-order valence-corrected chi connectivity index (χ3v) is 29.9. The molecule has 121 heavy (non-hydrogen) atoms. The van der Waals surface area contributed by atoms with Crippen molar-refractivity contribution in [3.05, 3.63) is 213 Å². The van der Waals surface area contributed by atoms with Crippen molar-refractivity contribution in [2.24, 2.45) is 0 Å². The molecule has 6 aliphatic heterocycles. The molecule has 6 heterocycles. The second kappa shape index (κ2) is 48.0. The number of alkyl halides is 1. The van der Waals surface area contributed by atoms with Crippen LogP contribution in [0, 0.1) is 13.8 Å².